The standard InChI is InChI=1S/C21H12O2/c22-12-23-18-11-10-14-6-2-8-16-15-7-1-4-13-5-3-9-17(19(13)15)21(18)20(14)16/h1-12H. The maximum atomic E-state index is 10.9. The van der Waals surface area contributed by atoms with Gasteiger partial charge in [0, 0.05) is 10.8 Å². The van der Waals surface area contributed by atoms with Crippen LogP contribution in [0.2, 0.25) is 0 Å². The highest BCUT2D eigenvalue weighted by atomic mass is 16.5. The summed E-state index contributed by atoms with van der Waals surface area (Å²) in [6.45, 7) is 0.501. The number of benzene rings is 5. The summed E-state index contributed by atoms with van der Waals surface area (Å²) in [4.78, 5) is 10.9. The molecule has 0 N–H and O–H groups in total. The van der Waals surface area contributed by atoms with E-state index in [1.807, 2.05) is 12.1 Å². The van der Waals surface area contributed by atoms with Crippen LogP contribution in [0.3, 0.4) is 0 Å². The molecule has 23 heavy (non-hydrogen) atoms. The van der Waals surface area contributed by atoms with E-state index in [2.05, 4.69) is 54.6 Å². The van der Waals surface area contributed by atoms with E-state index in [9.17, 15) is 4.79 Å². The number of ether oxygens (including phenoxy) is 1. The van der Waals surface area contributed by atoms with Gasteiger partial charge in [0.15, 0.2) is 0 Å². The topological polar surface area (TPSA) is 26.3 Å². The predicted octanol–water partition coefficient (Wildman–Crippen LogP) is 5.27. The third-order valence-corrected chi connectivity index (χ3v) is 4.65. The molecule has 0 aliphatic rings. The minimum Gasteiger partial charge on any atom is -0.428 e. The quantitative estimate of drug-likeness (QED) is 0.252. The molecule has 2 nitrogen and oxygen atoms in total. The molecule has 0 atom stereocenters. The zero-order valence-electron chi connectivity index (χ0n) is 12.2. The van der Waals surface area contributed by atoms with Crippen LogP contribution in [-0.2, 0) is 4.79 Å². The highest BCUT2D eigenvalue weighted by Crippen LogP contribution is 2.43. The van der Waals surface area contributed by atoms with Crippen molar-refractivity contribution in [1.82, 2.24) is 0 Å². The van der Waals surface area contributed by atoms with Crippen LogP contribution < -0.4 is 4.74 Å². The zero-order valence-corrected chi connectivity index (χ0v) is 12.2. The average Bonchev–Trinajstić information content (AvgIpc) is 2.60. The fourth-order valence-electron chi connectivity index (χ4n) is 3.78. The summed E-state index contributed by atoms with van der Waals surface area (Å²) in [7, 11) is 0. The Kier molecular flexibility index (Phi) is 2.39. The second-order valence-electron chi connectivity index (χ2n) is 5.77. The normalized spacial score (nSPS) is 11.7. The third-order valence-electron chi connectivity index (χ3n) is 4.65. The monoisotopic (exact) mass is 296 g/mol. The maximum absolute atomic E-state index is 10.9. The molecule has 5 aromatic rings. The molecule has 0 amide bonds. The first-order valence-electron chi connectivity index (χ1n) is 7.57. The number of carbonyl (C=O) groups is 1. The van der Waals surface area contributed by atoms with Crippen molar-refractivity contribution < 1.29 is 9.53 Å². The zero-order chi connectivity index (χ0) is 15.4. The Balaban J connectivity index is 2.22. The number of fused-ring (bicyclic) bond motifs is 2. The van der Waals surface area contributed by atoms with E-state index in [1.165, 1.54) is 21.5 Å². The van der Waals surface area contributed by atoms with Crippen molar-refractivity contribution in [3.8, 4) is 5.75 Å². The molecule has 0 saturated heterocycles. The van der Waals surface area contributed by atoms with Crippen LogP contribution in [0.25, 0.3) is 43.1 Å². The van der Waals surface area contributed by atoms with Gasteiger partial charge in [-0.3, -0.25) is 4.79 Å². The Morgan fingerprint density at radius 2 is 1.22 bits per heavy atom. The molecule has 0 radical (unpaired) electrons. The molecule has 2 heteroatoms. The van der Waals surface area contributed by atoms with Gasteiger partial charge in [0.2, 0.25) is 0 Å². The fourth-order valence-corrected chi connectivity index (χ4v) is 3.78. The van der Waals surface area contributed by atoms with Crippen molar-refractivity contribution >= 4 is 49.6 Å². The number of carbonyl (C=O) groups excluding carboxylic acids is 1. The van der Waals surface area contributed by atoms with Gasteiger partial charge in [0.1, 0.15) is 5.75 Å². The molecular weight excluding hydrogens is 284 g/mol. The first-order chi connectivity index (χ1) is 11.4. The maximum Gasteiger partial charge on any atom is 0.298 e. The SMILES string of the molecule is O=COc1ccc2cccc3c4cccc5cccc(c1c23)c54. The lowest BCUT2D eigenvalue weighted by atomic mass is 9.89. The van der Waals surface area contributed by atoms with Crippen molar-refractivity contribution in [2.75, 3.05) is 0 Å². The molecule has 108 valence electrons. The molecule has 5 aromatic carbocycles. The van der Waals surface area contributed by atoms with E-state index in [-0.39, 0.29) is 0 Å². The molecule has 5 rings (SSSR count). The van der Waals surface area contributed by atoms with Crippen LogP contribution in [0, 0.1) is 0 Å². The molecule has 0 saturated carbocycles. The van der Waals surface area contributed by atoms with Gasteiger partial charge in [0.05, 0.1) is 0 Å². The minimum absolute atomic E-state index is 0.501. The Bertz CT molecular complexity index is 1200. The molecule has 0 aromatic heterocycles. The Morgan fingerprint density at radius 3 is 1.91 bits per heavy atom. The van der Waals surface area contributed by atoms with Gasteiger partial charge in [-0.25, -0.2) is 0 Å². The van der Waals surface area contributed by atoms with Crippen molar-refractivity contribution in [3.63, 3.8) is 0 Å². The third kappa shape index (κ3) is 1.55. The van der Waals surface area contributed by atoms with E-state index in [1.54, 1.807) is 0 Å². The summed E-state index contributed by atoms with van der Waals surface area (Å²) < 4.78 is 5.29. The highest BCUT2D eigenvalue weighted by Gasteiger charge is 2.15. The van der Waals surface area contributed by atoms with Crippen molar-refractivity contribution in [2.24, 2.45) is 0 Å². The Hall–Kier alpha value is -3.13. The highest BCUT2D eigenvalue weighted by molar-refractivity contribution is 6.34. The second-order valence-corrected chi connectivity index (χ2v) is 5.77. The largest absolute Gasteiger partial charge is 0.428 e. The average molecular weight is 296 g/mol. The molecule has 0 fully saturated rings. The summed E-state index contributed by atoms with van der Waals surface area (Å²) in [6.07, 6.45) is 0. The Labute approximate surface area is 132 Å². The van der Waals surface area contributed by atoms with E-state index in [4.69, 9.17) is 4.74 Å². The van der Waals surface area contributed by atoms with Gasteiger partial charge in [-0.1, -0.05) is 60.7 Å². The lowest BCUT2D eigenvalue weighted by molar-refractivity contribution is -0.120. The van der Waals surface area contributed by atoms with Gasteiger partial charge in [-0.15, -0.1) is 0 Å². The van der Waals surface area contributed by atoms with Crippen molar-refractivity contribution in [2.45, 2.75) is 0 Å². The molecule has 0 heterocycles. The summed E-state index contributed by atoms with van der Waals surface area (Å²) in [6, 6.07) is 22.9. The van der Waals surface area contributed by atoms with Crippen LogP contribution >= 0.6 is 0 Å². The Morgan fingerprint density at radius 1 is 0.609 bits per heavy atom. The number of hydrogen-bond acceptors (Lipinski definition) is 2. The smallest absolute Gasteiger partial charge is 0.298 e. The minimum atomic E-state index is 0.501. The summed E-state index contributed by atoms with van der Waals surface area (Å²) in [5.74, 6) is 0.613. The van der Waals surface area contributed by atoms with E-state index < -0.39 is 0 Å². The molecule has 0 aliphatic carbocycles. The molecule has 0 bridgehead atoms. The summed E-state index contributed by atoms with van der Waals surface area (Å²) in [5, 5.41) is 9.28. The molecule has 0 aliphatic heterocycles. The van der Waals surface area contributed by atoms with E-state index in [0.717, 1.165) is 21.5 Å². The lowest BCUT2D eigenvalue weighted by Crippen LogP contribution is -1.93. The van der Waals surface area contributed by atoms with Gasteiger partial charge in [-0.2, -0.15) is 0 Å². The molecule has 0 spiro atoms. The van der Waals surface area contributed by atoms with Crippen LogP contribution in [0.1, 0.15) is 0 Å². The van der Waals surface area contributed by atoms with Gasteiger partial charge in [-0.05, 0) is 38.4 Å². The number of hydrogen-bond donors (Lipinski definition) is 0. The van der Waals surface area contributed by atoms with Gasteiger partial charge in [0.25, 0.3) is 6.47 Å². The van der Waals surface area contributed by atoms with Crippen LogP contribution in [-0.4, -0.2) is 6.47 Å². The van der Waals surface area contributed by atoms with E-state index >= 15 is 0 Å². The van der Waals surface area contributed by atoms with Crippen LogP contribution in [0.15, 0.2) is 66.7 Å². The first kappa shape index (κ1) is 12.4. The first-order valence-corrected chi connectivity index (χ1v) is 7.57. The molecular formula is C21H12O2. The summed E-state index contributed by atoms with van der Waals surface area (Å²) in [5.41, 5.74) is 0. The van der Waals surface area contributed by atoms with Crippen molar-refractivity contribution in [1.29, 1.82) is 0 Å². The summed E-state index contributed by atoms with van der Waals surface area (Å²) >= 11 is 0. The number of rotatable bonds is 2. The second kappa shape index (κ2) is 4.43. The van der Waals surface area contributed by atoms with Crippen LogP contribution in [0.4, 0.5) is 0 Å². The van der Waals surface area contributed by atoms with E-state index in [0.29, 0.717) is 12.2 Å². The van der Waals surface area contributed by atoms with Crippen molar-refractivity contribution in [3.05, 3.63) is 66.7 Å². The fraction of sp³-hybridized carbons (Fsp3) is 0. The lowest BCUT2D eigenvalue weighted by Gasteiger charge is -2.15. The predicted molar refractivity (Wildman–Crippen MR) is 94.3 cm³/mol. The van der Waals surface area contributed by atoms with Crippen LogP contribution in [0.5, 0.6) is 5.75 Å². The van der Waals surface area contributed by atoms with Gasteiger partial charge < -0.3 is 4.74 Å². The molecule has 0 unspecified atom stereocenters. The van der Waals surface area contributed by atoms with Gasteiger partial charge >= 0.3 is 0 Å².